The van der Waals surface area contributed by atoms with Crippen molar-refractivity contribution >= 4 is 11.5 Å². The third kappa shape index (κ3) is 4.29. The van der Waals surface area contributed by atoms with Crippen molar-refractivity contribution in [1.29, 1.82) is 0 Å². The first-order valence-corrected chi connectivity index (χ1v) is 9.42. The Kier molecular flexibility index (Phi) is 7.05. The van der Waals surface area contributed by atoms with E-state index < -0.39 is 17.0 Å². The minimum atomic E-state index is -2.51. The maximum atomic E-state index is 12.8. The van der Waals surface area contributed by atoms with Crippen molar-refractivity contribution in [2.24, 2.45) is 5.41 Å². The number of nitrogens with two attached hydrogens (primary N) is 1. The maximum absolute atomic E-state index is 12.8. The molecule has 4 N–H and O–H groups in total. The smallest absolute Gasteiger partial charge is 0.234 e. The van der Waals surface area contributed by atoms with Gasteiger partial charge in [0.15, 0.2) is 11.5 Å². The molecule has 0 saturated heterocycles. The summed E-state index contributed by atoms with van der Waals surface area (Å²) >= 11 is 0. The standard InChI is InChI=1S/C22H29NO5/c1-4-21(5-2,22(25,26)20(24)16-9-7-6-8-10-16)13-14-28-18-12-11-17(23)15-19(18)27-3/h6-12,15,25-26H,4-5,13-14,23H2,1-3H3. The van der Waals surface area contributed by atoms with Crippen molar-refractivity contribution < 1.29 is 24.5 Å². The molecule has 0 atom stereocenters. The molecule has 0 aliphatic rings. The first-order chi connectivity index (χ1) is 13.3. The number of nitrogen functional groups attached to an aromatic ring is 1. The summed E-state index contributed by atoms with van der Waals surface area (Å²) in [5.41, 5.74) is 5.51. The predicted molar refractivity (Wildman–Crippen MR) is 108 cm³/mol. The predicted octanol–water partition coefficient (Wildman–Crippen LogP) is 3.42. The Hall–Kier alpha value is -2.57. The van der Waals surface area contributed by atoms with Crippen LogP contribution in [0.1, 0.15) is 43.5 Å². The topological polar surface area (TPSA) is 102 Å². The number of hydrogen-bond donors (Lipinski definition) is 3. The maximum Gasteiger partial charge on any atom is 0.234 e. The number of methoxy groups -OCH3 is 1. The Labute approximate surface area is 165 Å². The van der Waals surface area contributed by atoms with Crippen molar-refractivity contribution in [3.05, 3.63) is 54.1 Å². The molecule has 2 aromatic rings. The lowest BCUT2D eigenvalue weighted by atomic mass is 9.69. The molecule has 0 unspecified atom stereocenters. The number of benzene rings is 2. The quantitative estimate of drug-likeness (QED) is 0.328. The van der Waals surface area contributed by atoms with Crippen molar-refractivity contribution in [1.82, 2.24) is 0 Å². The van der Waals surface area contributed by atoms with Gasteiger partial charge in [0.2, 0.25) is 11.6 Å². The molecule has 152 valence electrons. The molecule has 2 rings (SSSR count). The van der Waals surface area contributed by atoms with Crippen LogP contribution in [0.15, 0.2) is 48.5 Å². The fourth-order valence-electron chi connectivity index (χ4n) is 3.46. The summed E-state index contributed by atoms with van der Waals surface area (Å²) in [6, 6.07) is 13.4. The number of carbonyl (C=O) groups excluding carboxylic acids is 1. The van der Waals surface area contributed by atoms with Crippen LogP contribution in [0.4, 0.5) is 5.69 Å². The monoisotopic (exact) mass is 387 g/mol. The summed E-state index contributed by atoms with van der Waals surface area (Å²) in [5.74, 6) is -2.21. The average molecular weight is 387 g/mol. The fraction of sp³-hybridized carbons (Fsp3) is 0.409. The molecule has 0 spiro atoms. The molecular formula is C22H29NO5. The van der Waals surface area contributed by atoms with Crippen LogP contribution in [-0.4, -0.2) is 35.5 Å². The second-order valence-corrected chi connectivity index (χ2v) is 6.86. The van der Waals surface area contributed by atoms with E-state index in [1.54, 1.807) is 48.5 Å². The van der Waals surface area contributed by atoms with Crippen molar-refractivity contribution in [2.45, 2.75) is 38.9 Å². The van der Waals surface area contributed by atoms with E-state index in [1.807, 2.05) is 13.8 Å². The van der Waals surface area contributed by atoms with Gasteiger partial charge < -0.3 is 25.4 Å². The molecule has 0 aliphatic carbocycles. The Bertz CT molecular complexity index is 785. The van der Waals surface area contributed by atoms with E-state index >= 15 is 0 Å². The highest BCUT2D eigenvalue weighted by atomic mass is 16.5. The number of Topliss-reactive ketones (excluding diaryl/α,β-unsaturated/α-hetero) is 1. The molecule has 0 bridgehead atoms. The second-order valence-electron chi connectivity index (χ2n) is 6.86. The Morgan fingerprint density at radius 1 is 1.04 bits per heavy atom. The van der Waals surface area contributed by atoms with Crippen LogP contribution in [0.2, 0.25) is 0 Å². The Morgan fingerprint density at radius 3 is 2.25 bits per heavy atom. The van der Waals surface area contributed by atoms with Gasteiger partial charge in [-0.05, 0) is 31.4 Å². The SMILES string of the molecule is CCC(CC)(CCOc1ccc(N)cc1OC)C(O)(O)C(=O)c1ccccc1. The zero-order valence-electron chi connectivity index (χ0n) is 16.6. The highest BCUT2D eigenvalue weighted by molar-refractivity contribution is 6.01. The number of anilines is 1. The summed E-state index contributed by atoms with van der Waals surface area (Å²) in [5, 5.41) is 21.8. The van der Waals surface area contributed by atoms with Gasteiger partial charge in [-0.25, -0.2) is 0 Å². The third-order valence-electron chi connectivity index (χ3n) is 5.47. The molecule has 0 heterocycles. The Balaban J connectivity index is 2.20. The molecular weight excluding hydrogens is 358 g/mol. The van der Waals surface area contributed by atoms with Gasteiger partial charge in [-0.1, -0.05) is 44.2 Å². The molecule has 0 aliphatic heterocycles. The van der Waals surface area contributed by atoms with Gasteiger partial charge in [-0.2, -0.15) is 0 Å². The highest BCUT2D eigenvalue weighted by Gasteiger charge is 2.52. The summed E-state index contributed by atoms with van der Waals surface area (Å²) in [6.07, 6.45) is 1.08. The van der Waals surface area contributed by atoms with Crippen LogP contribution in [-0.2, 0) is 0 Å². The van der Waals surface area contributed by atoms with Gasteiger partial charge in [-0.3, -0.25) is 4.79 Å². The lowest BCUT2D eigenvalue weighted by Crippen LogP contribution is -2.54. The Morgan fingerprint density at radius 2 is 1.68 bits per heavy atom. The molecule has 2 aromatic carbocycles. The van der Waals surface area contributed by atoms with E-state index in [0.717, 1.165) is 0 Å². The minimum absolute atomic E-state index is 0.187. The second kappa shape index (κ2) is 9.08. The van der Waals surface area contributed by atoms with Crippen LogP contribution in [0, 0.1) is 5.41 Å². The number of aliphatic hydroxyl groups is 2. The van der Waals surface area contributed by atoms with Gasteiger partial charge in [0.1, 0.15) is 0 Å². The zero-order chi connectivity index (χ0) is 20.8. The van der Waals surface area contributed by atoms with E-state index in [9.17, 15) is 15.0 Å². The largest absolute Gasteiger partial charge is 0.493 e. The van der Waals surface area contributed by atoms with Gasteiger partial charge >= 0.3 is 0 Å². The number of ether oxygens (including phenoxy) is 2. The normalized spacial score (nSPS) is 11.9. The summed E-state index contributed by atoms with van der Waals surface area (Å²) < 4.78 is 11.1. The fourth-order valence-corrected chi connectivity index (χ4v) is 3.46. The van der Waals surface area contributed by atoms with E-state index in [0.29, 0.717) is 30.0 Å². The van der Waals surface area contributed by atoms with E-state index in [1.165, 1.54) is 7.11 Å². The first-order valence-electron chi connectivity index (χ1n) is 9.42. The number of ketones is 1. The summed E-state index contributed by atoms with van der Waals surface area (Å²) in [7, 11) is 1.52. The van der Waals surface area contributed by atoms with Gasteiger partial charge in [0.25, 0.3) is 0 Å². The van der Waals surface area contributed by atoms with Gasteiger partial charge in [0, 0.05) is 22.7 Å². The third-order valence-corrected chi connectivity index (χ3v) is 5.47. The van der Waals surface area contributed by atoms with E-state index in [4.69, 9.17) is 15.2 Å². The molecule has 0 radical (unpaired) electrons. The summed E-state index contributed by atoms with van der Waals surface area (Å²) in [6.45, 7) is 3.87. The zero-order valence-corrected chi connectivity index (χ0v) is 16.6. The first kappa shape index (κ1) is 21.7. The molecule has 28 heavy (non-hydrogen) atoms. The van der Waals surface area contributed by atoms with Crippen LogP contribution in [0.3, 0.4) is 0 Å². The van der Waals surface area contributed by atoms with E-state index in [-0.39, 0.29) is 18.6 Å². The highest BCUT2D eigenvalue weighted by Crippen LogP contribution is 2.42. The lowest BCUT2D eigenvalue weighted by molar-refractivity contribution is -0.210. The van der Waals surface area contributed by atoms with Crippen molar-refractivity contribution in [3.8, 4) is 11.5 Å². The average Bonchev–Trinajstić information content (AvgIpc) is 2.72. The summed E-state index contributed by atoms with van der Waals surface area (Å²) in [4.78, 5) is 12.8. The van der Waals surface area contributed by atoms with Crippen LogP contribution >= 0.6 is 0 Å². The molecule has 0 fully saturated rings. The number of carbonyl (C=O) groups is 1. The minimum Gasteiger partial charge on any atom is -0.493 e. The molecule has 0 amide bonds. The molecule has 0 aromatic heterocycles. The van der Waals surface area contributed by atoms with Crippen molar-refractivity contribution in [3.63, 3.8) is 0 Å². The number of rotatable bonds is 10. The van der Waals surface area contributed by atoms with Crippen LogP contribution in [0.5, 0.6) is 11.5 Å². The number of hydrogen-bond acceptors (Lipinski definition) is 6. The lowest BCUT2D eigenvalue weighted by Gasteiger charge is -2.41. The molecule has 0 saturated carbocycles. The van der Waals surface area contributed by atoms with E-state index in [2.05, 4.69) is 0 Å². The van der Waals surface area contributed by atoms with Crippen molar-refractivity contribution in [2.75, 3.05) is 19.5 Å². The van der Waals surface area contributed by atoms with Gasteiger partial charge in [0.05, 0.1) is 13.7 Å². The molecule has 6 nitrogen and oxygen atoms in total. The van der Waals surface area contributed by atoms with Crippen LogP contribution < -0.4 is 15.2 Å². The molecule has 6 heteroatoms. The van der Waals surface area contributed by atoms with Gasteiger partial charge in [-0.15, -0.1) is 0 Å². The van der Waals surface area contributed by atoms with Crippen LogP contribution in [0.25, 0.3) is 0 Å².